The van der Waals surface area contributed by atoms with Crippen LogP contribution in [0.25, 0.3) is 0 Å². The van der Waals surface area contributed by atoms with Crippen LogP contribution in [0.5, 0.6) is 0 Å². The molecule has 0 aliphatic carbocycles. The highest BCUT2D eigenvalue weighted by atomic mass is 35.5. The van der Waals surface area contributed by atoms with Gasteiger partial charge in [0.15, 0.2) is 0 Å². The molecule has 1 unspecified atom stereocenters. The Labute approximate surface area is 132 Å². The van der Waals surface area contributed by atoms with Crippen LogP contribution in [-0.2, 0) is 6.54 Å². The first-order chi connectivity index (χ1) is 10.2. The Morgan fingerprint density at radius 1 is 1.14 bits per heavy atom. The number of pyridine rings is 1. The summed E-state index contributed by atoms with van der Waals surface area (Å²) in [5.41, 5.74) is 2.60. The molecule has 2 rings (SSSR count). The van der Waals surface area contributed by atoms with E-state index in [9.17, 15) is 0 Å². The number of nitrogens with zero attached hydrogens (tertiary/aromatic N) is 2. The van der Waals surface area contributed by atoms with Crippen LogP contribution in [0.15, 0.2) is 48.8 Å². The number of hydrogen-bond donors (Lipinski definition) is 0. The van der Waals surface area contributed by atoms with Gasteiger partial charge in [0.1, 0.15) is 0 Å². The molecule has 0 bridgehead atoms. The number of halogens is 1. The molecule has 1 atom stereocenters. The molecule has 2 aromatic rings. The molecule has 0 aliphatic heterocycles. The monoisotopic (exact) mass is 302 g/mol. The molecule has 0 fully saturated rings. The van der Waals surface area contributed by atoms with Gasteiger partial charge in [0.25, 0.3) is 0 Å². The maximum atomic E-state index is 6.01. The minimum atomic E-state index is 0.419. The Bertz CT molecular complexity index is 525. The standard InChI is InChI=1S/C18H23ClN2/c1-3-12-21(14-15-6-5-11-20-13-15)18(4-2)16-7-9-17(19)10-8-16/h5-11,13,18H,3-4,12,14H2,1-2H3. The van der Waals surface area contributed by atoms with Gasteiger partial charge < -0.3 is 0 Å². The van der Waals surface area contributed by atoms with E-state index in [0.717, 1.165) is 31.0 Å². The van der Waals surface area contributed by atoms with Crippen LogP contribution in [0.2, 0.25) is 5.02 Å². The van der Waals surface area contributed by atoms with Crippen molar-refractivity contribution in [1.29, 1.82) is 0 Å². The molecule has 0 saturated carbocycles. The van der Waals surface area contributed by atoms with E-state index < -0.39 is 0 Å². The SMILES string of the molecule is CCCN(Cc1cccnc1)C(CC)c1ccc(Cl)cc1. The Balaban J connectivity index is 2.19. The zero-order chi connectivity index (χ0) is 15.1. The van der Waals surface area contributed by atoms with Crippen LogP contribution in [0.3, 0.4) is 0 Å². The van der Waals surface area contributed by atoms with Gasteiger partial charge in [-0.05, 0) is 48.7 Å². The quantitative estimate of drug-likeness (QED) is 0.707. The smallest absolute Gasteiger partial charge is 0.0406 e. The van der Waals surface area contributed by atoms with Gasteiger partial charge in [0.05, 0.1) is 0 Å². The van der Waals surface area contributed by atoms with E-state index in [4.69, 9.17) is 11.6 Å². The van der Waals surface area contributed by atoms with Crippen molar-refractivity contribution in [3.63, 3.8) is 0 Å². The van der Waals surface area contributed by atoms with Crippen molar-refractivity contribution < 1.29 is 0 Å². The first-order valence-electron chi connectivity index (χ1n) is 7.63. The van der Waals surface area contributed by atoms with Gasteiger partial charge in [-0.2, -0.15) is 0 Å². The van der Waals surface area contributed by atoms with Crippen molar-refractivity contribution in [1.82, 2.24) is 9.88 Å². The Morgan fingerprint density at radius 3 is 2.48 bits per heavy atom. The van der Waals surface area contributed by atoms with E-state index in [2.05, 4.69) is 41.9 Å². The van der Waals surface area contributed by atoms with Crippen molar-refractivity contribution in [2.24, 2.45) is 0 Å². The van der Waals surface area contributed by atoms with Gasteiger partial charge in [-0.3, -0.25) is 9.88 Å². The average Bonchev–Trinajstić information content (AvgIpc) is 2.51. The summed E-state index contributed by atoms with van der Waals surface area (Å²) in [4.78, 5) is 6.75. The fraction of sp³-hybridized carbons (Fsp3) is 0.389. The number of hydrogen-bond acceptors (Lipinski definition) is 2. The van der Waals surface area contributed by atoms with Crippen molar-refractivity contribution >= 4 is 11.6 Å². The molecule has 0 spiro atoms. The van der Waals surface area contributed by atoms with Crippen molar-refractivity contribution in [2.45, 2.75) is 39.3 Å². The van der Waals surface area contributed by atoms with Crippen LogP contribution >= 0.6 is 11.6 Å². The maximum Gasteiger partial charge on any atom is 0.0406 e. The summed E-state index contributed by atoms with van der Waals surface area (Å²) in [7, 11) is 0. The summed E-state index contributed by atoms with van der Waals surface area (Å²) in [6, 6.07) is 12.8. The Kier molecular flexibility index (Phi) is 6.21. The van der Waals surface area contributed by atoms with Gasteiger partial charge >= 0.3 is 0 Å². The van der Waals surface area contributed by atoms with E-state index in [1.54, 1.807) is 0 Å². The van der Waals surface area contributed by atoms with Gasteiger partial charge in [-0.15, -0.1) is 0 Å². The minimum Gasteiger partial charge on any atom is -0.292 e. The Morgan fingerprint density at radius 2 is 1.90 bits per heavy atom. The number of benzene rings is 1. The summed E-state index contributed by atoms with van der Waals surface area (Å²) in [5.74, 6) is 0. The van der Waals surface area contributed by atoms with Crippen LogP contribution in [0, 0.1) is 0 Å². The van der Waals surface area contributed by atoms with Crippen molar-refractivity contribution in [3.05, 3.63) is 64.9 Å². The second-order valence-corrected chi connectivity index (χ2v) is 5.74. The molecule has 21 heavy (non-hydrogen) atoms. The van der Waals surface area contributed by atoms with E-state index in [-0.39, 0.29) is 0 Å². The molecule has 1 aromatic heterocycles. The highest BCUT2D eigenvalue weighted by Crippen LogP contribution is 2.27. The van der Waals surface area contributed by atoms with E-state index >= 15 is 0 Å². The largest absolute Gasteiger partial charge is 0.292 e. The highest BCUT2D eigenvalue weighted by molar-refractivity contribution is 6.30. The van der Waals surface area contributed by atoms with Gasteiger partial charge in [0.2, 0.25) is 0 Å². The summed E-state index contributed by atoms with van der Waals surface area (Å²) in [5, 5.41) is 0.794. The third-order valence-electron chi connectivity index (χ3n) is 3.70. The molecule has 2 nitrogen and oxygen atoms in total. The molecule has 1 aromatic carbocycles. The van der Waals surface area contributed by atoms with Gasteiger partial charge in [0, 0.05) is 30.0 Å². The van der Waals surface area contributed by atoms with Gasteiger partial charge in [-0.1, -0.05) is 43.6 Å². The molecular formula is C18H23ClN2. The molecule has 1 heterocycles. The molecule has 0 radical (unpaired) electrons. The minimum absolute atomic E-state index is 0.419. The lowest BCUT2D eigenvalue weighted by Gasteiger charge is -2.31. The fourth-order valence-electron chi connectivity index (χ4n) is 2.75. The highest BCUT2D eigenvalue weighted by Gasteiger charge is 2.18. The molecule has 0 aliphatic rings. The lowest BCUT2D eigenvalue weighted by Crippen LogP contribution is -2.29. The summed E-state index contributed by atoms with van der Waals surface area (Å²) in [6.45, 7) is 6.48. The molecule has 3 heteroatoms. The summed E-state index contributed by atoms with van der Waals surface area (Å²) >= 11 is 6.01. The van der Waals surface area contributed by atoms with Crippen LogP contribution in [-0.4, -0.2) is 16.4 Å². The topological polar surface area (TPSA) is 16.1 Å². The summed E-state index contributed by atoms with van der Waals surface area (Å²) < 4.78 is 0. The zero-order valence-corrected chi connectivity index (χ0v) is 13.6. The average molecular weight is 303 g/mol. The normalized spacial score (nSPS) is 12.6. The zero-order valence-electron chi connectivity index (χ0n) is 12.8. The predicted molar refractivity (Wildman–Crippen MR) is 89.4 cm³/mol. The first-order valence-corrected chi connectivity index (χ1v) is 8.00. The third kappa shape index (κ3) is 4.55. The maximum absolute atomic E-state index is 6.01. The fourth-order valence-corrected chi connectivity index (χ4v) is 2.87. The molecular weight excluding hydrogens is 280 g/mol. The lowest BCUT2D eigenvalue weighted by atomic mass is 10.0. The van der Waals surface area contributed by atoms with E-state index in [1.165, 1.54) is 11.1 Å². The van der Waals surface area contributed by atoms with E-state index in [1.807, 2.05) is 30.6 Å². The van der Waals surface area contributed by atoms with Crippen molar-refractivity contribution in [3.8, 4) is 0 Å². The molecule has 0 amide bonds. The third-order valence-corrected chi connectivity index (χ3v) is 3.95. The lowest BCUT2D eigenvalue weighted by molar-refractivity contribution is 0.183. The number of rotatable bonds is 7. The van der Waals surface area contributed by atoms with Gasteiger partial charge in [-0.25, -0.2) is 0 Å². The molecule has 112 valence electrons. The second-order valence-electron chi connectivity index (χ2n) is 5.31. The second kappa shape index (κ2) is 8.16. The molecule has 0 N–H and O–H groups in total. The number of aromatic nitrogens is 1. The molecule has 0 saturated heterocycles. The van der Waals surface area contributed by atoms with Crippen LogP contribution in [0.1, 0.15) is 43.9 Å². The first kappa shape index (κ1) is 16.0. The van der Waals surface area contributed by atoms with Crippen LogP contribution in [0.4, 0.5) is 0 Å². The Hall–Kier alpha value is -1.38. The predicted octanol–water partition coefficient (Wildman–Crippen LogP) is 5.10. The van der Waals surface area contributed by atoms with Crippen molar-refractivity contribution in [2.75, 3.05) is 6.54 Å². The van der Waals surface area contributed by atoms with Crippen LogP contribution < -0.4 is 0 Å². The van der Waals surface area contributed by atoms with E-state index in [0.29, 0.717) is 6.04 Å². The summed E-state index contributed by atoms with van der Waals surface area (Å²) in [6.07, 6.45) is 6.01.